The number of carbonyl (C=O) groups is 1. The molecule has 1 aliphatic carbocycles. The van der Waals surface area contributed by atoms with Crippen LogP contribution in [0.5, 0.6) is 0 Å². The Labute approximate surface area is 187 Å². The monoisotopic (exact) mass is 455 g/mol. The van der Waals surface area contributed by atoms with Crippen molar-refractivity contribution in [3.63, 3.8) is 0 Å². The average Bonchev–Trinajstić information content (AvgIpc) is 3.28. The van der Waals surface area contributed by atoms with Gasteiger partial charge < -0.3 is 15.5 Å². The lowest BCUT2D eigenvalue weighted by molar-refractivity contribution is -0.125. The standard InChI is InChI=1S/C22H18ClN3O2S2/c1-28-19-9-8-15(23)12-22(19,20(24)27)14-6-4-13(5-7-14)16-11-17(26-21(29)25-16)18-3-2-10-30-18/h2-12,19H,1H3,(H2,24,27)(H,25,26,29). The van der Waals surface area contributed by atoms with Gasteiger partial charge in [0.25, 0.3) is 0 Å². The quantitative estimate of drug-likeness (QED) is 0.532. The lowest BCUT2D eigenvalue weighted by Crippen LogP contribution is -2.50. The summed E-state index contributed by atoms with van der Waals surface area (Å²) in [7, 11) is 1.54. The minimum Gasteiger partial charge on any atom is -0.376 e. The Balaban J connectivity index is 1.77. The first-order valence-corrected chi connectivity index (χ1v) is 10.8. The van der Waals surface area contributed by atoms with Crippen LogP contribution >= 0.6 is 35.2 Å². The number of ether oxygens (including phenoxy) is 1. The number of thiophene rings is 1. The SMILES string of the molecule is COC1C=CC(Cl)=CC1(C(N)=O)c1ccc(-c2cc(-c3cccs3)[nH]c(=S)n2)cc1. The van der Waals surface area contributed by atoms with Crippen LogP contribution in [0.1, 0.15) is 5.56 Å². The molecule has 0 aliphatic heterocycles. The number of nitrogens with one attached hydrogen (secondary N) is 1. The zero-order chi connectivity index (χ0) is 21.3. The van der Waals surface area contributed by atoms with Gasteiger partial charge in [-0.15, -0.1) is 11.3 Å². The Bertz CT molecular complexity index is 1200. The number of H-pyrrole nitrogens is 1. The maximum absolute atomic E-state index is 12.5. The molecule has 1 aromatic carbocycles. The third-order valence-corrected chi connectivity index (χ3v) is 6.43. The fourth-order valence-electron chi connectivity index (χ4n) is 3.63. The van der Waals surface area contributed by atoms with E-state index < -0.39 is 17.4 Å². The summed E-state index contributed by atoms with van der Waals surface area (Å²) in [6.45, 7) is 0. The zero-order valence-corrected chi connectivity index (χ0v) is 18.4. The van der Waals surface area contributed by atoms with Crippen LogP contribution in [-0.2, 0) is 14.9 Å². The third kappa shape index (κ3) is 3.65. The molecule has 2 unspecified atom stereocenters. The summed E-state index contributed by atoms with van der Waals surface area (Å²) in [5.74, 6) is -0.537. The number of methoxy groups -OCH3 is 1. The van der Waals surface area contributed by atoms with Gasteiger partial charge in [0.2, 0.25) is 5.91 Å². The van der Waals surface area contributed by atoms with Crippen molar-refractivity contribution in [3.8, 4) is 21.8 Å². The number of hydrogen-bond acceptors (Lipinski definition) is 5. The van der Waals surface area contributed by atoms with Gasteiger partial charge in [-0.05, 0) is 47.4 Å². The van der Waals surface area contributed by atoms with Crippen LogP contribution in [0.2, 0.25) is 0 Å². The normalized spacial score (nSPS) is 20.7. The minimum absolute atomic E-state index is 0.403. The van der Waals surface area contributed by atoms with Crippen molar-refractivity contribution in [1.82, 2.24) is 9.97 Å². The van der Waals surface area contributed by atoms with E-state index in [9.17, 15) is 4.79 Å². The number of nitrogens with two attached hydrogens (primary N) is 1. The van der Waals surface area contributed by atoms with E-state index in [-0.39, 0.29) is 0 Å². The summed E-state index contributed by atoms with van der Waals surface area (Å²) < 4.78 is 5.94. The predicted octanol–water partition coefficient (Wildman–Crippen LogP) is 4.97. The topological polar surface area (TPSA) is 81.0 Å². The number of hydrogen-bond donors (Lipinski definition) is 2. The van der Waals surface area contributed by atoms with Crippen molar-refractivity contribution in [3.05, 3.63) is 81.4 Å². The summed E-state index contributed by atoms with van der Waals surface area (Å²) in [5, 5.41) is 2.44. The molecular formula is C22H18ClN3O2S2. The molecule has 0 saturated heterocycles. The van der Waals surface area contributed by atoms with Gasteiger partial charge in [-0.2, -0.15) is 0 Å². The highest BCUT2D eigenvalue weighted by Gasteiger charge is 2.45. The highest BCUT2D eigenvalue weighted by molar-refractivity contribution is 7.71. The fraction of sp³-hybridized carbons (Fsp3) is 0.136. The maximum Gasteiger partial charge on any atom is 0.235 e. The van der Waals surface area contributed by atoms with Crippen LogP contribution < -0.4 is 5.73 Å². The van der Waals surface area contributed by atoms with Crippen LogP contribution in [0.4, 0.5) is 0 Å². The van der Waals surface area contributed by atoms with E-state index >= 15 is 0 Å². The maximum atomic E-state index is 12.5. The van der Waals surface area contributed by atoms with Crippen molar-refractivity contribution in [2.45, 2.75) is 11.5 Å². The van der Waals surface area contributed by atoms with E-state index in [1.54, 1.807) is 29.6 Å². The van der Waals surface area contributed by atoms with E-state index in [2.05, 4.69) is 9.97 Å². The van der Waals surface area contributed by atoms with Crippen molar-refractivity contribution < 1.29 is 9.53 Å². The molecule has 5 nitrogen and oxygen atoms in total. The van der Waals surface area contributed by atoms with Gasteiger partial charge >= 0.3 is 0 Å². The van der Waals surface area contributed by atoms with Gasteiger partial charge in [0.05, 0.1) is 22.4 Å². The molecule has 3 N–H and O–H groups in total. The summed E-state index contributed by atoms with van der Waals surface area (Å²) in [5.41, 5.74) is 7.83. The molecule has 0 fully saturated rings. The average molecular weight is 456 g/mol. The van der Waals surface area contributed by atoms with Gasteiger partial charge in [0, 0.05) is 17.7 Å². The number of halogens is 1. The Kier molecular flexibility index (Phi) is 5.71. The van der Waals surface area contributed by atoms with Crippen molar-refractivity contribution in [1.29, 1.82) is 0 Å². The van der Waals surface area contributed by atoms with E-state index in [1.165, 1.54) is 7.11 Å². The summed E-state index contributed by atoms with van der Waals surface area (Å²) in [6.07, 6.45) is 4.53. The van der Waals surface area contributed by atoms with Gasteiger partial charge in [-0.3, -0.25) is 4.79 Å². The lowest BCUT2D eigenvalue weighted by Gasteiger charge is -2.35. The smallest absolute Gasteiger partial charge is 0.235 e. The molecule has 0 radical (unpaired) electrons. The highest BCUT2D eigenvalue weighted by atomic mass is 35.5. The summed E-state index contributed by atoms with van der Waals surface area (Å²) >= 11 is 13.1. The fourth-order valence-corrected chi connectivity index (χ4v) is 4.78. The number of allylic oxidation sites excluding steroid dienone is 2. The Morgan fingerprint density at radius 1 is 1.33 bits per heavy atom. The van der Waals surface area contributed by atoms with Gasteiger partial charge in [0.1, 0.15) is 5.41 Å². The second-order valence-electron chi connectivity index (χ2n) is 6.82. The van der Waals surface area contributed by atoms with E-state index in [0.29, 0.717) is 15.4 Å². The molecule has 30 heavy (non-hydrogen) atoms. The van der Waals surface area contributed by atoms with Crippen LogP contribution in [0.15, 0.2) is 71.1 Å². The Morgan fingerprint density at radius 3 is 2.73 bits per heavy atom. The molecule has 2 atom stereocenters. The van der Waals surface area contributed by atoms with Gasteiger partial charge in [-0.25, -0.2) is 4.98 Å². The van der Waals surface area contributed by atoms with E-state index in [1.807, 2.05) is 47.8 Å². The first kappa shape index (κ1) is 20.7. The number of carbonyl (C=O) groups excluding carboxylic acids is 1. The molecule has 152 valence electrons. The second-order valence-corrected chi connectivity index (χ2v) is 8.59. The van der Waals surface area contributed by atoms with Crippen LogP contribution in [0, 0.1) is 4.77 Å². The number of benzene rings is 1. The number of aromatic amines is 1. The number of aromatic nitrogens is 2. The first-order chi connectivity index (χ1) is 14.4. The molecule has 1 aliphatic rings. The molecule has 4 rings (SSSR count). The Hall–Kier alpha value is -2.58. The third-order valence-electron chi connectivity index (χ3n) is 5.10. The first-order valence-electron chi connectivity index (χ1n) is 9.09. The highest BCUT2D eigenvalue weighted by Crippen LogP contribution is 2.38. The molecular weight excluding hydrogens is 438 g/mol. The van der Waals surface area contributed by atoms with Crippen molar-refractivity contribution >= 4 is 41.1 Å². The number of rotatable bonds is 5. The molecule has 0 spiro atoms. The lowest BCUT2D eigenvalue weighted by atomic mass is 9.72. The van der Waals surface area contributed by atoms with Crippen molar-refractivity contribution in [2.75, 3.05) is 7.11 Å². The molecule has 8 heteroatoms. The second kappa shape index (κ2) is 8.28. The van der Waals surface area contributed by atoms with Crippen LogP contribution in [0.3, 0.4) is 0 Å². The van der Waals surface area contributed by atoms with Crippen molar-refractivity contribution in [2.24, 2.45) is 5.73 Å². The molecule has 0 bridgehead atoms. The van der Waals surface area contributed by atoms with Crippen LogP contribution in [-0.4, -0.2) is 29.1 Å². The number of primary amides is 1. The van der Waals surface area contributed by atoms with Gasteiger partial charge in [0.15, 0.2) is 4.77 Å². The predicted molar refractivity (Wildman–Crippen MR) is 123 cm³/mol. The summed E-state index contributed by atoms with van der Waals surface area (Å²) in [6, 6.07) is 13.4. The van der Waals surface area contributed by atoms with Gasteiger partial charge in [-0.1, -0.05) is 48.0 Å². The molecule has 2 heterocycles. The molecule has 0 saturated carbocycles. The minimum atomic E-state index is -1.19. The Morgan fingerprint density at radius 2 is 2.10 bits per heavy atom. The summed E-state index contributed by atoms with van der Waals surface area (Å²) in [4.78, 5) is 21.2. The number of amides is 1. The van der Waals surface area contributed by atoms with E-state index in [0.717, 1.165) is 21.8 Å². The molecule has 3 aromatic rings. The van der Waals surface area contributed by atoms with E-state index in [4.69, 9.17) is 34.3 Å². The number of nitrogens with zero attached hydrogens (tertiary/aromatic N) is 1. The zero-order valence-electron chi connectivity index (χ0n) is 16.0. The largest absolute Gasteiger partial charge is 0.376 e. The molecule has 2 aromatic heterocycles. The molecule has 1 amide bonds. The van der Waals surface area contributed by atoms with Crippen LogP contribution in [0.25, 0.3) is 21.8 Å².